The molecule has 2 aliphatic heterocycles. The van der Waals surface area contributed by atoms with Crippen molar-refractivity contribution < 1.29 is 19.4 Å². The number of aliphatic hydroxyl groups is 1. The predicted molar refractivity (Wildman–Crippen MR) is 35.1 cm³/mol. The Labute approximate surface area is 63.5 Å². The third-order valence-electron chi connectivity index (χ3n) is 1.67. The zero-order valence-electron chi connectivity index (χ0n) is 5.90. The number of fused-ring (bicyclic) bond motifs is 1. The molecular weight excluding hydrogens is 150 g/mol. The quantitative estimate of drug-likeness (QED) is 0.539. The van der Waals surface area contributed by atoms with Crippen molar-refractivity contribution >= 4 is 5.71 Å². The second-order valence-electron chi connectivity index (χ2n) is 2.38. The Morgan fingerprint density at radius 2 is 2.27 bits per heavy atom. The summed E-state index contributed by atoms with van der Waals surface area (Å²) >= 11 is 0. The summed E-state index contributed by atoms with van der Waals surface area (Å²) < 4.78 is 10.4. The first-order chi connectivity index (χ1) is 5.42. The Kier molecular flexibility index (Phi) is 1.77. The number of hydrogen-bond donors (Lipinski definition) is 1. The molecule has 0 spiro atoms. The van der Waals surface area contributed by atoms with Crippen LogP contribution in [0, 0.1) is 0 Å². The largest absolute Gasteiger partial charge is 0.390 e. The van der Waals surface area contributed by atoms with E-state index in [-0.39, 0.29) is 12.7 Å². The maximum absolute atomic E-state index is 8.76. The highest BCUT2D eigenvalue weighted by Crippen LogP contribution is 2.19. The lowest BCUT2D eigenvalue weighted by Gasteiger charge is -2.23. The van der Waals surface area contributed by atoms with E-state index in [1.165, 1.54) is 0 Å². The fraction of sp³-hybridized carbons (Fsp3) is 0.833. The van der Waals surface area contributed by atoms with Crippen LogP contribution in [0.4, 0.5) is 0 Å². The lowest BCUT2D eigenvalue weighted by molar-refractivity contribution is -0.214. The Morgan fingerprint density at radius 3 is 3.09 bits per heavy atom. The molecule has 0 aromatic rings. The molecule has 62 valence electrons. The Morgan fingerprint density at radius 1 is 1.45 bits per heavy atom. The molecule has 0 aromatic carbocycles. The van der Waals surface area contributed by atoms with Crippen molar-refractivity contribution in [3.63, 3.8) is 0 Å². The summed E-state index contributed by atoms with van der Waals surface area (Å²) in [6, 6.07) is 0. The molecular formula is C6H9NO4. The van der Waals surface area contributed by atoms with Crippen LogP contribution in [0.1, 0.15) is 0 Å². The van der Waals surface area contributed by atoms with Gasteiger partial charge in [-0.15, -0.1) is 0 Å². The van der Waals surface area contributed by atoms with Crippen LogP contribution in [0.5, 0.6) is 0 Å². The smallest absolute Gasteiger partial charge is 0.259 e. The number of aliphatic hydroxyl groups excluding tert-OH is 1. The molecule has 1 saturated heterocycles. The van der Waals surface area contributed by atoms with Gasteiger partial charge in [0.25, 0.3) is 6.29 Å². The molecule has 0 amide bonds. The van der Waals surface area contributed by atoms with Crippen LogP contribution in [0.15, 0.2) is 5.16 Å². The molecule has 1 N–H and O–H groups in total. The minimum absolute atomic E-state index is 0.134. The van der Waals surface area contributed by atoms with Gasteiger partial charge in [0.1, 0.15) is 5.71 Å². The Bertz CT molecular complexity index is 181. The van der Waals surface area contributed by atoms with Crippen molar-refractivity contribution in [1.29, 1.82) is 0 Å². The third-order valence-corrected chi connectivity index (χ3v) is 1.67. The minimum atomic E-state index is -0.439. The van der Waals surface area contributed by atoms with Crippen LogP contribution in [0.3, 0.4) is 0 Å². The normalized spacial score (nSPS) is 35.9. The number of oxime groups is 1. The van der Waals surface area contributed by atoms with E-state index in [0.29, 0.717) is 18.9 Å². The van der Waals surface area contributed by atoms with Crippen LogP contribution in [0.25, 0.3) is 0 Å². The van der Waals surface area contributed by atoms with E-state index < -0.39 is 6.29 Å². The van der Waals surface area contributed by atoms with Gasteiger partial charge in [-0.25, -0.2) is 0 Å². The van der Waals surface area contributed by atoms with E-state index in [2.05, 4.69) is 5.16 Å². The van der Waals surface area contributed by atoms with E-state index in [9.17, 15) is 0 Å². The first-order valence-electron chi connectivity index (χ1n) is 3.48. The summed E-state index contributed by atoms with van der Waals surface area (Å²) in [7, 11) is 0. The summed E-state index contributed by atoms with van der Waals surface area (Å²) in [5.41, 5.74) is 0.509. The van der Waals surface area contributed by atoms with Crippen LogP contribution in [0.2, 0.25) is 0 Å². The molecule has 2 aliphatic rings. The van der Waals surface area contributed by atoms with Crippen molar-refractivity contribution in [2.24, 2.45) is 5.16 Å². The van der Waals surface area contributed by atoms with Gasteiger partial charge < -0.3 is 19.4 Å². The fourth-order valence-corrected chi connectivity index (χ4v) is 1.13. The molecule has 0 aromatic heterocycles. The van der Waals surface area contributed by atoms with Gasteiger partial charge >= 0.3 is 0 Å². The lowest BCUT2D eigenvalue weighted by Crippen LogP contribution is -2.41. The van der Waals surface area contributed by atoms with Gasteiger partial charge in [0.05, 0.1) is 19.8 Å². The molecule has 5 heteroatoms. The molecule has 2 rings (SSSR count). The third kappa shape index (κ3) is 1.11. The molecule has 0 saturated carbocycles. The van der Waals surface area contributed by atoms with Crippen LogP contribution in [-0.4, -0.2) is 43.0 Å². The van der Waals surface area contributed by atoms with E-state index in [1.807, 2.05) is 0 Å². The van der Waals surface area contributed by atoms with Gasteiger partial charge in [-0.2, -0.15) is 0 Å². The monoisotopic (exact) mass is 159 g/mol. The summed E-state index contributed by atoms with van der Waals surface area (Å²) in [6.45, 7) is 0.920. The first-order valence-corrected chi connectivity index (χ1v) is 3.48. The molecule has 5 nitrogen and oxygen atoms in total. The van der Waals surface area contributed by atoms with Crippen molar-refractivity contribution in [2.75, 3.05) is 19.8 Å². The maximum Gasteiger partial charge on any atom is 0.259 e. The van der Waals surface area contributed by atoms with E-state index in [4.69, 9.17) is 19.4 Å². The Balaban J connectivity index is 2.05. The summed E-state index contributed by atoms with van der Waals surface area (Å²) in [6.07, 6.45) is -0.736. The first kappa shape index (κ1) is 7.02. The fourth-order valence-electron chi connectivity index (χ4n) is 1.13. The summed E-state index contributed by atoms with van der Waals surface area (Å²) in [4.78, 5) is 4.84. The Hall–Kier alpha value is -0.650. The van der Waals surface area contributed by atoms with E-state index in [1.54, 1.807) is 0 Å². The van der Waals surface area contributed by atoms with Crippen LogP contribution >= 0.6 is 0 Å². The van der Waals surface area contributed by atoms with Crippen LogP contribution in [-0.2, 0) is 14.3 Å². The van der Waals surface area contributed by atoms with Gasteiger partial charge in [0, 0.05) is 0 Å². The molecule has 1 fully saturated rings. The maximum atomic E-state index is 8.76. The van der Waals surface area contributed by atoms with Gasteiger partial charge in [-0.1, -0.05) is 5.16 Å². The molecule has 2 heterocycles. The molecule has 0 unspecified atom stereocenters. The molecule has 11 heavy (non-hydrogen) atoms. The van der Waals surface area contributed by atoms with Gasteiger partial charge in [-0.05, 0) is 0 Å². The summed E-state index contributed by atoms with van der Waals surface area (Å²) in [5.74, 6) is 0. The molecule has 0 bridgehead atoms. The summed E-state index contributed by atoms with van der Waals surface area (Å²) in [5, 5.41) is 12.4. The number of rotatable bonds is 1. The zero-order valence-corrected chi connectivity index (χ0v) is 5.90. The number of nitrogens with zero attached hydrogens (tertiary/aromatic N) is 1. The second kappa shape index (κ2) is 2.77. The average Bonchev–Trinajstić information content (AvgIpc) is 2.47. The zero-order chi connectivity index (χ0) is 7.68. The highest BCUT2D eigenvalue weighted by molar-refractivity contribution is 5.90. The molecule has 0 radical (unpaired) electrons. The van der Waals surface area contributed by atoms with E-state index >= 15 is 0 Å². The highest BCUT2D eigenvalue weighted by Gasteiger charge is 2.37. The van der Waals surface area contributed by atoms with Crippen molar-refractivity contribution in [2.45, 2.75) is 12.4 Å². The van der Waals surface area contributed by atoms with Crippen molar-refractivity contribution in [3.8, 4) is 0 Å². The SMILES string of the molecule is OCC1=NO[C@H]2OCCO[C@@H]12. The number of ether oxygens (including phenoxy) is 2. The highest BCUT2D eigenvalue weighted by atomic mass is 16.8. The number of hydrogen-bond acceptors (Lipinski definition) is 5. The lowest BCUT2D eigenvalue weighted by atomic mass is 10.2. The molecule has 2 atom stereocenters. The second-order valence-corrected chi connectivity index (χ2v) is 2.38. The predicted octanol–water partition coefficient (Wildman–Crippen LogP) is -0.894. The van der Waals surface area contributed by atoms with Crippen LogP contribution < -0.4 is 0 Å². The van der Waals surface area contributed by atoms with E-state index in [0.717, 1.165) is 0 Å². The molecule has 0 aliphatic carbocycles. The van der Waals surface area contributed by atoms with Gasteiger partial charge in [0.2, 0.25) is 0 Å². The standard InChI is InChI=1S/C6H9NO4/c8-3-4-5-6(11-7-4)10-2-1-9-5/h5-6,8H,1-3H2/t5-,6+/m0/s1. The minimum Gasteiger partial charge on any atom is -0.390 e. The average molecular weight is 159 g/mol. The van der Waals surface area contributed by atoms with Crippen molar-refractivity contribution in [3.05, 3.63) is 0 Å². The van der Waals surface area contributed by atoms with Gasteiger partial charge in [0.15, 0.2) is 6.10 Å². The topological polar surface area (TPSA) is 60.3 Å². The van der Waals surface area contributed by atoms with Gasteiger partial charge in [-0.3, -0.25) is 0 Å². The van der Waals surface area contributed by atoms with Crippen molar-refractivity contribution in [1.82, 2.24) is 0 Å².